The van der Waals surface area contributed by atoms with Crippen molar-refractivity contribution in [3.8, 4) is 0 Å². The quantitative estimate of drug-likeness (QED) is 0.282. The molecular weight excluding hydrogens is 93.9 g/mol. The minimum absolute atomic E-state index is 0. The molecule has 0 amide bonds. The van der Waals surface area contributed by atoms with E-state index in [-0.39, 0.29) is 20.3 Å². The van der Waals surface area contributed by atoms with Gasteiger partial charge in [0.2, 0.25) is 0 Å². The molecule has 0 aromatic carbocycles. The average Bonchev–Trinajstić information content (AvgIpc) is 1.38. The van der Waals surface area contributed by atoms with Crippen LogP contribution in [0.15, 0.2) is 0 Å². The zero-order valence-corrected chi connectivity index (χ0v) is 4.94. The molecule has 0 unspecified atom stereocenters. The van der Waals surface area contributed by atoms with Crippen LogP contribution < -0.4 is 18.9 Å². The summed E-state index contributed by atoms with van der Waals surface area (Å²) in [6.07, 6.45) is 0.481. The van der Waals surface area contributed by atoms with Gasteiger partial charge in [0.1, 0.15) is 0 Å². The molecule has 0 aromatic rings. The van der Waals surface area contributed by atoms with E-state index in [1.54, 1.807) is 6.92 Å². The molecule has 2 N–H and O–H groups in total. The molecule has 0 spiro atoms. The second-order valence-corrected chi connectivity index (χ2v) is 2.07. The van der Waals surface area contributed by atoms with Crippen molar-refractivity contribution in [1.29, 1.82) is 0 Å². The molecular formula is C2H8LiO2P. The minimum atomic E-state index is -1.60. The molecule has 0 radical (unpaired) electrons. The van der Waals surface area contributed by atoms with E-state index in [2.05, 4.69) is 0 Å². The van der Waals surface area contributed by atoms with Crippen LogP contribution in [0.1, 0.15) is 8.35 Å². The Kier molecular flexibility index (Phi) is 9.95. The molecule has 0 aliphatic heterocycles. The zero-order chi connectivity index (χ0) is 4.28. The Labute approximate surface area is 52.1 Å². The molecule has 0 saturated carbocycles. The molecule has 0 aromatic heterocycles. The third kappa shape index (κ3) is 8.87. The topological polar surface area (TPSA) is 40.5 Å². The molecule has 0 bridgehead atoms. The minimum Gasteiger partial charge on any atom is -1.00 e. The zero-order valence-electron chi connectivity index (χ0n) is 5.05. The maximum absolute atomic E-state index is 7.98. The van der Waals surface area contributed by atoms with Gasteiger partial charge in [0, 0.05) is 6.16 Å². The van der Waals surface area contributed by atoms with Crippen molar-refractivity contribution < 1.29 is 30.1 Å². The Morgan fingerprint density at radius 3 is 1.83 bits per heavy atom. The summed E-state index contributed by atoms with van der Waals surface area (Å²) in [4.78, 5) is 16.0. The van der Waals surface area contributed by atoms with E-state index >= 15 is 0 Å². The third-order valence-corrected chi connectivity index (χ3v) is 0.849. The number of hydrogen-bond donors (Lipinski definition) is 2. The van der Waals surface area contributed by atoms with Gasteiger partial charge in [-0.3, -0.25) is 0 Å². The van der Waals surface area contributed by atoms with Gasteiger partial charge in [0.05, 0.1) is 0 Å². The Morgan fingerprint density at radius 2 is 1.83 bits per heavy atom. The molecule has 0 saturated heterocycles. The summed E-state index contributed by atoms with van der Waals surface area (Å²) >= 11 is 0. The van der Waals surface area contributed by atoms with Gasteiger partial charge in [-0.1, -0.05) is 6.92 Å². The predicted octanol–water partition coefficient (Wildman–Crippen LogP) is -2.58. The van der Waals surface area contributed by atoms with Crippen LogP contribution in [0.5, 0.6) is 0 Å². The summed E-state index contributed by atoms with van der Waals surface area (Å²) < 4.78 is 0. The van der Waals surface area contributed by atoms with E-state index in [0.29, 0.717) is 6.16 Å². The van der Waals surface area contributed by atoms with Crippen molar-refractivity contribution in [3.05, 3.63) is 0 Å². The van der Waals surface area contributed by atoms with Gasteiger partial charge in [0.15, 0.2) is 8.38 Å². The Balaban J connectivity index is -0.0000000800. The molecule has 0 fully saturated rings. The fourth-order valence-electron chi connectivity index (χ4n) is 0. The predicted molar refractivity (Wildman–Crippen MR) is 23.0 cm³/mol. The molecule has 0 aliphatic carbocycles. The summed E-state index contributed by atoms with van der Waals surface area (Å²) in [6.45, 7) is 1.73. The van der Waals surface area contributed by atoms with E-state index in [0.717, 1.165) is 0 Å². The number of rotatable bonds is 1. The monoisotopic (exact) mass is 102 g/mol. The SMILES string of the molecule is CCP(O)O.[H-].[Li+]. The summed E-state index contributed by atoms with van der Waals surface area (Å²) in [6, 6.07) is 0. The summed E-state index contributed by atoms with van der Waals surface area (Å²) in [5.74, 6) is 0. The fourth-order valence-corrected chi connectivity index (χ4v) is 0. The van der Waals surface area contributed by atoms with Crippen LogP contribution in [0.4, 0.5) is 0 Å². The molecule has 34 valence electrons. The van der Waals surface area contributed by atoms with Crippen molar-refractivity contribution in [1.82, 2.24) is 0 Å². The first kappa shape index (κ1) is 10.0. The maximum Gasteiger partial charge on any atom is 1.00 e. The van der Waals surface area contributed by atoms with Crippen LogP contribution in [0, 0.1) is 0 Å². The van der Waals surface area contributed by atoms with E-state index < -0.39 is 8.38 Å². The van der Waals surface area contributed by atoms with E-state index in [1.807, 2.05) is 0 Å². The van der Waals surface area contributed by atoms with Crippen LogP contribution in [-0.2, 0) is 0 Å². The molecule has 4 heteroatoms. The summed E-state index contributed by atoms with van der Waals surface area (Å²) in [5.41, 5.74) is 0. The van der Waals surface area contributed by atoms with Crippen LogP contribution in [0.2, 0.25) is 0 Å². The average molecular weight is 102 g/mol. The van der Waals surface area contributed by atoms with Gasteiger partial charge in [-0.15, -0.1) is 0 Å². The van der Waals surface area contributed by atoms with E-state index in [1.165, 1.54) is 0 Å². The van der Waals surface area contributed by atoms with Gasteiger partial charge in [0.25, 0.3) is 0 Å². The summed E-state index contributed by atoms with van der Waals surface area (Å²) in [7, 11) is -1.60. The van der Waals surface area contributed by atoms with Crippen LogP contribution in [0.25, 0.3) is 0 Å². The smallest absolute Gasteiger partial charge is 1.00 e. The molecule has 0 aliphatic rings. The Hall–Kier alpha value is 0.947. The molecule has 0 rings (SSSR count). The summed E-state index contributed by atoms with van der Waals surface area (Å²) in [5, 5.41) is 0. The molecule has 6 heavy (non-hydrogen) atoms. The first-order valence-electron chi connectivity index (χ1n) is 1.42. The van der Waals surface area contributed by atoms with Gasteiger partial charge in [-0.2, -0.15) is 0 Å². The van der Waals surface area contributed by atoms with Gasteiger partial charge in [-0.05, 0) is 0 Å². The first-order valence-corrected chi connectivity index (χ1v) is 2.86. The number of hydrogen-bond acceptors (Lipinski definition) is 2. The van der Waals surface area contributed by atoms with Crippen molar-refractivity contribution >= 4 is 8.38 Å². The molecule has 2 nitrogen and oxygen atoms in total. The van der Waals surface area contributed by atoms with Gasteiger partial charge >= 0.3 is 18.9 Å². The fraction of sp³-hybridized carbons (Fsp3) is 1.00. The molecule has 0 atom stereocenters. The van der Waals surface area contributed by atoms with Gasteiger partial charge < -0.3 is 11.2 Å². The Morgan fingerprint density at radius 1 is 1.67 bits per heavy atom. The van der Waals surface area contributed by atoms with Crippen LogP contribution in [-0.4, -0.2) is 15.9 Å². The molecule has 0 heterocycles. The first-order chi connectivity index (χ1) is 2.27. The normalized spacial score (nSPS) is 8.00. The van der Waals surface area contributed by atoms with Crippen molar-refractivity contribution in [2.24, 2.45) is 0 Å². The second kappa shape index (κ2) is 5.95. The van der Waals surface area contributed by atoms with Crippen LogP contribution >= 0.6 is 8.38 Å². The van der Waals surface area contributed by atoms with E-state index in [4.69, 9.17) is 9.79 Å². The van der Waals surface area contributed by atoms with Crippen molar-refractivity contribution in [3.63, 3.8) is 0 Å². The van der Waals surface area contributed by atoms with Gasteiger partial charge in [-0.25, -0.2) is 0 Å². The maximum atomic E-state index is 7.98. The Bertz CT molecular complexity index is 29.7. The second-order valence-electron chi connectivity index (χ2n) is 0.689. The van der Waals surface area contributed by atoms with Crippen molar-refractivity contribution in [2.75, 3.05) is 6.16 Å². The van der Waals surface area contributed by atoms with E-state index in [9.17, 15) is 0 Å². The largest absolute Gasteiger partial charge is 1.00 e. The third-order valence-electron chi connectivity index (χ3n) is 0.283. The van der Waals surface area contributed by atoms with Crippen molar-refractivity contribution in [2.45, 2.75) is 6.92 Å². The van der Waals surface area contributed by atoms with Crippen LogP contribution in [0.3, 0.4) is 0 Å². The standard InChI is InChI=1S/C2H7O2P.Li.H/c1-2-5(3)4;;/h3-4H,2H2,1H3;;/q;+1;-1.